The highest BCUT2D eigenvalue weighted by Gasteiger charge is 2.27. The molecular formula is C14H18ClNO2. The van der Waals surface area contributed by atoms with Gasteiger partial charge in [0.2, 0.25) is 0 Å². The Morgan fingerprint density at radius 3 is 2.83 bits per heavy atom. The van der Waals surface area contributed by atoms with Gasteiger partial charge in [0.1, 0.15) is 5.75 Å². The molecule has 1 fully saturated rings. The van der Waals surface area contributed by atoms with Gasteiger partial charge in [0.25, 0.3) is 5.91 Å². The third-order valence-corrected chi connectivity index (χ3v) is 3.42. The number of rotatable bonds is 5. The highest BCUT2D eigenvalue weighted by atomic mass is 35.5. The van der Waals surface area contributed by atoms with Crippen LogP contribution in [0, 0.1) is 6.92 Å². The average molecular weight is 268 g/mol. The highest BCUT2D eigenvalue weighted by Crippen LogP contribution is 2.23. The Kier molecular flexibility index (Phi) is 4.12. The van der Waals surface area contributed by atoms with Crippen molar-refractivity contribution in [3.05, 3.63) is 28.8 Å². The van der Waals surface area contributed by atoms with Gasteiger partial charge < -0.3 is 10.1 Å². The zero-order valence-corrected chi connectivity index (χ0v) is 11.5. The van der Waals surface area contributed by atoms with Crippen molar-refractivity contribution >= 4 is 17.5 Å². The summed E-state index contributed by atoms with van der Waals surface area (Å²) < 4.78 is 5.72. The van der Waals surface area contributed by atoms with Gasteiger partial charge >= 0.3 is 0 Å². The first kappa shape index (κ1) is 13.2. The molecule has 0 saturated heterocycles. The normalized spacial score (nSPS) is 16.2. The van der Waals surface area contributed by atoms with E-state index in [4.69, 9.17) is 16.3 Å². The van der Waals surface area contributed by atoms with Crippen molar-refractivity contribution in [2.45, 2.75) is 45.3 Å². The molecule has 0 bridgehead atoms. The van der Waals surface area contributed by atoms with E-state index >= 15 is 0 Å². The molecule has 1 unspecified atom stereocenters. The lowest BCUT2D eigenvalue weighted by Crippen LogP contribution is -2.39. The van der Waals surface area contributed by atoms with E-state index in [0.29, 0.717) is 23.2 Å². The van der Waals surface area contributed by atoms with E-state index in [0.717, 1.165) is 18.4 Å². The van der Waals surface area contributed by atoms with Gasteiger partial charge in [-0.1, -0.05) is 18.5 Å². The number of hydrogen-bond acceptors (Lipinski definition) is 2. The smallest absolute Gasteiger partial charge is 0.261 e. The second kappa shape index (κ2) is 5.61. The van der Waals surface area contributed by atoms with Gasteiger partial charge in [-0.25, -0.2) is 0 Å². The molecule has 3 nitrogen and oxygen atoms in total. The summed E-state index contributed by atoms with van der Waals surface area (Å²) in [6.45, 7) is 3.86. The van der Waals surface area contributed by atoms with E-state index in [-0.39, 0.29) is 5.91 Å². The summed E-state index contributed by atoms with van der Waals surface area (Å²) >= 11 is 5.96. The molecule has 1 aromatic rings. The van der Waals surface area contributed by atoms with Crippen LogP contribution in [0.4, 0.5) is 0 Å². The molecule has 4 heteroatoms. The first-order valence-corrected chi connectivity index (χ1v) is 6.71. The first-order valence-electron chi connectivity index (χ1n) is 6.33. The Balaban J connectivity index is 1.99. The molecule has 1 atom stereocenters. The van der Waals surface area contributed by atoms with Crippen molar-refractivity contribution in [2.24, 2.45) is 0 Å². The van der Waals surface area contributed by atoms with Crippen LogP contribution in [-0.4, -0.2) is 18.1 Å². The number of nitrogens with one attached hydrogen (secondary N) is 1. The van der Waals surface area contributed by atoms with Gasteiger partial charge in [-0.05, 0) is 49.9 Å². The van der Waals surface area contributed by atoms with Crippen molar-refractivity contribution in [3.8, 4) is 5.75 Å². The molecule has 0 aliphatic heterocycles. The van der Waals surface area contributed by atoms with Crippen LogP contribution in [0.1, 0.15) is 31.7 Å². The van der Waals surface area contributed by atoms with Crippen molar-refractivity contribution in [1.29, 1.82) is 0 Å². The lowest BCUT2D eigenvalue weighted by molar-refractivity contribution is -0.128. The van der Waals surface area contributed by atoms with Crippen molar-refractivity contribution in [1.82, 2.24) is 5.32 Å². The standard InChI is InChI=1S/C14H18ClNO2/c1-3-13(14(17)16-10-4-5-10)18-11-6-7-12(15)9(2)8-11/h6-8,10,13H,3-5H2,1-2H3,(H,16,17). The van der Waals surface area contributed by atoms with Crippen LogP contribution in [0.15, 0.2) is 18.2 Å². The predicted molar refractivity (Wildman–Crippen MR) is 72.1 cm³/mol. The maximum Gasteiger partial charge on any atom is 0.261 e. The third kappa shape index (κ3) is 3.39. The van der Waals surface area contributed by atoms with Crippen LogP contribution < -0.4 is 10.1 Å². The molecule has 1 saturated carbocycles. The topological polar surface area (TPSA) is 38.3 Å². The number of aryl methyl sites for hydroxylation is 1. The number of ether oxygens (including phenoxy) is 1. The minimum Gasteiger partial charge on any atom is -0.481 e. The van der Waals surface area contributed by atoms with Crippen molar-refractivity contribution < 1.29 is 9.53 Å². The van der Waals surface area contributed by atoms with E-state index < -0.39 is 6.10 Å². The summed E-state index contributed by atoms with van der Waals surface area (Å²) in [7, 11) is 0. The van der Waals surface area contributed by atoms with Gasteiger partial charge in [-0.2, -0.15) is 0 Å². The molecule has 0 aromatic heterocycles. The molecule has 2 rings (SSSR count). The minimum absolute atomic E-state index is 0.0207. The summed E-state index contributed by atoms with van der Waals surface area (Å²) in [6, 6.07) is 5.80. The van der Waals surface area contributed by atoms with E-state index in [1.165, 1.54) is 0 Å². The number of carbonyl (C=O) groups is 1. The van der Waals surface area contributed by atoms with Gasteiger partial charge in [0.05, 0.1) is 0 Å². The summed E-state index contributed by atoms with van der Waals surface area (Å²) in [5.74, 6) is 0.669. The fourth-order valence-electron chi connectivity index (χ4n) is 1.70. The lowest BCUT2D eigenvalue weighted by atomic mass is 10.2. The molecule has 0 radical (unpaired) electrons. The largest absolute Gasteiger partial charge is 0.481 e. The first-order chi connectivity index (χ1) is 8.60. The average Bonchev–Trinajstić information content (AvgIpc) is 3.14. The molecule has 1 aliphatic carbocycles. The fourth-order valence-corrected chi connectivity index (χ4v) is 1.82. The number of amides is 1. The number of carbonyl (C=O) groups excluding carboxylic acids is 1. The Hall–Kier alpha value is -1.22. The van der Waals surface area contributed by atoms with Gasteiger partial charge in [-0.15, -0.1) is 0 Å². The highest BCUT2D eigenvalue weighted by molar-refractivity contribution is 6.31. The number of benzene rings is 1. The fraction of sp³-hybridized carbons (Fsp3) is 0.500. The Labute approximate surface area is 112 Å². The maximum atomic E-state index is 11.9. The maximum absolute atomic E-state index is 11.9. The third-order valence-electron chi connectivity index (χ3n) is 2.99. The van der Waals surface area contributed by atoms with Crippen LogP contribution in [0.3, 0.4) is 0 Å². The minimum atomic E-state index is -0.425. The molecule has 1 N–H and O–H groups in total. The zero-order valence-electron chi connectivity index (χ0n) is 10.7. The van der Waals surface area contributed by atoms with E-state index in [1.54, 1.807) is 12.1 Å². The van der Waals surface area contributed by atoms with Crippen LogP contribution >= 0.6 is 11.6 Å². The second-order valence-corrected chi connectivity index (χ2v) is 5.12. The van der Waals surface area contributed by atoms with E-state index in [2.05, 4.69) is 5.32 Å². The van der Waals surface area contributed by atoms with Crippen LogP contribution in [-0.2, 0) is 4.79 Å². The molecule has 98 valence electrons. The monoisotopic (exact) mass is 267 g/mol. The Morgan fingerprint density at radius 1 is 1.56 bits per heavy atom. The van der Waals surface area contributed by atoms with Crippen molar-refractivity contribution in [2.75, 3.05) is 0 Å². The summed E-state index contributed by atoms with van der Waals surface area (Å²) in [5.41, 5.74) is 0.951. The van der Waals surface area contributed by atoms with Crippen LogP contribution in [0.2, 0.25) is 5.02 Å². The van der Waals surface area contributed by atoms with Gasteiger partial charge in [0.15, 0.2) is 6.10 Å². The summed E-state index contributed by atoms with van der Waals surface area (Å²) in [4.78, 5) is 11.9. The molecule has 18 heavy (non-hydrogen) atoms. The Morgan fingerprint density at radius 2 is 2.28 bits per heavy atom. The molecule has 0 spiro atoms. The number of halogens is 1. The van der Waals surface area contributed by atoms with Gasteiger partial charge in [-0.3, -0.25) is 4.79 Å². The summed E-state index contributed by atoms with van der Waals surface area (Å²) in [6.07, 6.45) is 2.40. The molecular weight excluding hydrogens is 250 g/mol. The van der Waals surface area contributed by atoms with E-state index in [1.807, 2.05) is 19.9 Å². The second-order valence-electron chi connectivity index (χ2n) is 4.71. The Bertz CT molecular complexity index is 443. The molecule has 1 aliphatic rings. The number of hydrogen-bond donors (Lipinski definition) is 1. The van der Waals surface area contributed by atoms with Crippen molar-refractivity contribution in [3.63, 3.8) is 0 Å². The molecule has 1 aromatic carbocycles. The lowest BCUT2D eigenvalue weighted by Gasteiger charge is -2.17. The SMILES string of the molecule is CCC(Oc1ccc(Cl)c(C)c1)C(=O)NC1CC1. The molecule has 1 amide bonds. The predicted octanol–water partition coefficient (Wildman–Crippen LogP) is 3.08. The quantitative estimate of drug-likeness (QED) is 0.890. The van der Waals surface area contributed by atoms with Gasteiger partial charge in [0, 0.05) is 11.1 Å². The van der Waals surface area contributed by atoms with E-state index in [9.17, 15) is 4.79 Å². The summed E-state index contributed by atoms with van der Waals surface area (Å²) in [5, 5.41) is 3.67. The van der Waals surface area contributed by atoms with Crippen LogP contribution in [0.5, 0.6) is 5.75 Å². The molecule has 0 heterocycles. The zero-order chi connectivity index (χ0) is 13.1. The van der Waals surface area contributed by atoms with Crippen LogP contribution in [0.25, 0.3) is 0 Å².